The number of rotatable bonds is 3. The zero-order chi connectivity index (χ0) is 13.8. The predicted octanol–water partition coefficient (Wildman–Crippen LogP) is 1.07. The molecule has 0 atom stereocenters. The third-order valence-corrected chi connectivity index (χ3v) is 3.35. The molecular weight excluding hydrogens is 248 g/mol. The van der Waals surface area contributed by atoms with Crippen molar-refractivity contribution >= 4 is 11.5 Å². The van der Waals surface area contributed by atoms with Gasteiger partial charge in [0.2, 0.25) is 5.82 Å². The second-order valence-corrected chi connectivity index (χ2v) is 4.55. The molecular formula is C12H14N4O3. The van der Waals surface area contributed by atoms with Gasteiger partial charge in [-0.05, 0) is 18.8 Å². The molecule has 100 valence electrons. The zero-order valence-electron chi connectivity index (χ0n) is 10.3. The van der Waals surface area contributed by atoms with Crippen molar-refractivity contribution in [1.29, 1.82) is 5.26 Å². The molecule has 19 heavy (non-hydrogen) atoms. The number of pyridine rings is 1. The number of nitriles is 1. The van der Waals surface area contributed by atoms with Crippen molar-refractivity contribution in [3.63, 3.8) is 0 Å². The van der Waals surface area contributed by atoms with Gasteiger partial charge in [0, 0.05) is 32.0 Å². The maximum Gasteiger partial charge on any atom is 0.312 e. The summed E-state index contributed by atoms with van der Waals surface area (Å²) in [4.78, 5) is 16.4. The van der Waals surface area contributed by atoms with Crippen LogP contribution >= 0.6 is 0 Å². The van der Waals surface area contributed by atoms with Crippen LogP contribution in [0.5, 0.6) is 0 Å². The number of nitrogens with zero attached hydrogens (tertiary/aromatic N) is 4. The molecule has 2 rings (SSSR count). The molecule has 1 aromatic heterocycles. The molecule has 7 nitrogen and oxygen atoms in total. The number of piperidine rings is 1. The maximum atomic E-state index is 11.0. The lowest BCUT2D eigenvalue weighted by Crippen LogP contribution is -2.35. The Bertz CT molecular complexity index is 518. The van der Waals surface area contributed by atoms with Gasteiger partial charge in [0.25, 0.3) is 0 Å². The van der Waals surface area contributed by atoms with Crippen LogP contribution in [0.3, 0.4) is 0 Å². The fraction of sp³-hybridized carbons (Fsp3) is 0.500. The number of hydrogen-bond donors (Lipinski definition) is 1. The summed E-state index contributed by atoms with van der Waals surface area (Å²) in [5.74, 6) is 0.564. The summed E-state index contributed by atoms with van der Waals surface area (Å²) in [5, 5.41) is 28.9. The fourth-order valence-electron chi connectivity index (χ4n) is 2.21. The normalized spacial score (nSPS) is 16.1. The molecule has 1 aliphatic rings. The van der Waals surface area contributed by atoms with Gasteiger partial charge in [-0.1, -0.05) is 0 Å². The Morgan fingerprint density at radius 2 is 2.26 bits per heavy atom. The van der Waals surface area contributed by atoms with Gasteiger partial charge < -0.3 is 10.0 Å². The van der Waals surface area contributed by atoms with Gasteiger partial charge in [-0.15, -0.1) is 0 Å². The number of aliphatic hydroxyl groups excluding tert-OH is 1. The summed E-state index contributed by atoms with van der Waals surface area (Å²) in [6.45, 7) is 1.41. The molecule has 1 aromatic rings. The van der Waals surface area contributed by atoms with Gasteiger partial charge in [0.15, 0.2) is 0 Å². The van der Waals surface area contributed by atoms with Gasteiger partial charge in [-0.2, -0.15) is 5.26 Å². The van der Waals surface area contributed by atoms with Crippen molar-refractivity contribution in [3.8, 4) is 6.07 Å². The highest BCUT2D eigenvalue weighted by Gasteiger charge is 2.26. The van der Waals surface area contributed by atoms with Crippen molar-refractivity contribution in [3.05, 3.63) is 27.9 Å². The van der Waals surface area contributed by atoms with E-state index < -0.39 is 4.92 Å². The van der Waals surface area contributed by atoms with Crippen molar-refractivity contribution < 1.29 is 10.0 Å². The first-order chi connectivity index (χ1) is 9.15. The van der Waals surface area contributed by atoms with Crippen LogP contribution in [0.1, 0.15) is 18.4 Å². The highest BCUT2D eigenvalue weighted by atomic mass is 16.6. The lowest BCUT2D eigenvalue weighted by atomic mass is 9.98. The minimum atomic E-state index is -0.513. The van der Waals surface area contributed by atoms with Crippen LogP contribution in [0.4, 0.5) is 11.5 Å². The molecule has 1 N–H and O–H groups in total. The third-order valence-electron chi connectivity index (χ3n) is 3.35. The van der Waals surface area contributed by atoms with Crippen LogP contribution in [0.2, 0.25) is 0 Å². The van der Waals surface area contributed by atoms with E-state index in [2.05, 4.69) is 4.98 Å². The highest BCUT2D eigenvalue weighted by Crippen LogP contribution is 2.29. The van der Waals surface area contributed by atoms with E-state index in [1.54, 1.807) is 0 Å². The van der Waals surface area contributed by atoms with Crippen LogP contribution in [0, 0.1) is 27.4 Å². The first kappa shape index (κ1) is 13.2. The molecule has 0 unspecified atom stereocenters. The topological polar surface area (TPSA) is 103 Å². The average Bonchev–Trinajstić information content (AvgIpc) is 2.46. The van der Waals surface area contributed by atoms with E-state index in [9.17, 15) is 10.1 Å². The molecule has 1 saturated heterocycles. The first-order valence-electron chi connectivity index (χ1n) is 6.06. The van der Waals surface area contributed by atoms with Crippen molar-refractivity contribution in [2.24, 2.45) is 5.92 Å². The van der Waals surface area contributed by atoms with Gasteiger partial charge >= 0.3 is 5.69 Å². The summed E-state index contributed by atoms with van der Waals surface area (Å²) in [5.41, 5.74) is 0.0437. The largest absolute Gasteiger partial charge is 0.396 e. The minimum absolute atomic E-state index is 0.138. The number of aliphatic hydroxyl groups is 1. The summed E-state index contributed by atoms with van der Waals surface area (Å²) >= 11 is 0. The van der Waals surface area contributed by atoms with Gasteiger partial charge in [-0.3, -0.25) is 10.1 Å². The molecule has 0 bridgehead atoms. The number of nitro groups is 1. The van der Waals surface area contributed by atoms with Crippen LogP contribution in [0.15, 0.2) is 12.3 Å². The van der Waals surface area contributed by atoms with E-state index in [0.717, 1.165) is 12.8 Å². The monoisotopic (exact) mass is 262 g/mol. The summed E-state index contributed by atoms with van der Waals surface area (Å²) in [7, 11) is 0. The molecule has 0 aliphatic carbocycles. The summed E-state index contributed by atoms with van der Waals surface area (Å²) < 4.78 is 0. The number of hydrogen-bond acceptors (Lipinski definition) is 6. The molecule has 1 fully saturated rings. The Morgan fingerprint density at radius 1 is 1.58 bits per heavy atom. The molecule has 7 heteroatoms. The Hall–Kier alpha value is -2.20. The summed E-state index contributed by atoms with van der Waals surface area (Å²) in [6, 6.07) is 3.10. The number of aromatic nitrogens is 1. The lowest BCUT2D eigenvalue weighted by Gasteiger charge is -2.31. The standard InChI is InChI=1S/C12H14N4O3/c13-6-10-5-11(16(18)19)12(14-7-10)15-3-1-9(8-17)2-4-15/h5,7,9,17H,1-4,8H2. The molecule has 2 heterocycles. The van der Waals surface area contributed by atoms with E-state index in [1.807, 2.05) is 11.0 Å². The van der Waals surface area contributed by atoms with E-state index in [4.69, 9.17) is 10.4 Å². The van der Waals surface area contributed by atoms with Crippen LogP contribution < -0.4 is 4.90 Å². The maximum absolute atomic E-state index is 11.0. The van der Waals surface area contributed by atoms with Gasteiger partial charge in [0.1, 0.15) is 6.07 Å². The highest BCUT2D eigenvalue weighted by molar-refractivity contribution is 5.60. The van der Waals surface area contributed by atoms with Crippen LogP contribution in [0.25, 0.3) is 0 Å². The van der Waals surface area contributed by atoms with E-state index in [-0.39, 0.29) is 23.8 Å². The van der Waals surface area contributed by atoms with Gasteiger partial charge in [-0.25, -0.2) is 4.98 Å². The molecule has 0 radical (unpaired) electrons. The molecule has 1 aliphatic heterocycles. The Labute approximate surface area is 110 Å². The van der Waals surface area contributed by atoms with E-state index in [0.29, 0.717) is 18.9 Å². The molecule has 0 saturated carbocycles. The van der Waals surface area contributed by atoms with E-state index in [1.165, 1.54) is 12.3 Å². The first-order valence-corrected chi connectivity index (χ1v) is 6.06. The van der Waals surface area contributed by atoms with Crippen LogP contribution in [-0.2, 0) is 0 Å². The van der Waals surface area contributed by atoms with E-state index >= 15 is 0 Å². The predicted molar refractivity (Wildman–Crippen MR) is 67.6 cm³/mol. The van der Waals surface area contributed by atoms with Gasteiger partial charge in [0.05, 0.1) is 10.5 Å². The second-order valence-electron chi connectivity index (χ2n) is 4.55. The fourth-order valence-corrected chi connectivity index (χ4v) is 2.21. The Balaban J connectivity index is 2.25. The van der Waals surface area contributed by atoms with Crippen molar-refractivity contribution in [1.82, 2.24) is 4.98 Å². The molecule has 0 amide bonds. The summed E-state index contributed by atoms with van der Waals surface area (Å²) in [6.07, 6.45) is 2.92. The van der Waals surface area contributed by atoms with Crippen molar-refractivity contribution in [2.45, 2.75) is 12.8 Å². The molecule has 0 spiro atoms. The quantitative estimate of drug-likeness (QED) is 0.645. The van der Waals surface area contributed by atoms with Crippen molar-refractivity contribution in [2.75, 3.05) is 24.6 Å². The number of anilines is 1. The minimum Gasteiger partial charge on any atom is -0.396 e. The Morgan fingerprint density at radius 3 is 2.79 bits per heavy atom. The smallest absolute Gasteiger partial charge is 0.312 e. The zero-order valence-corrected chi connectivity index (χ0v) is 10.3. The van der Waals surface area contributed by atoms with Crippen LogP contribution in [-0.4, -0.2) is 34.7 Å². The molecule has 0 aromatic carbocycles. The Kier molecular flexibility index (Phi) is 3.92. The lowest BCUT2D eigenvalue weighted by molar-refractivity contribution is -0.384. The second kappa shape index (κ2) is 5.63. The average molecular weight is 262 g/mol. The SMILES string of the molecule is N#Cc1cnc(N2CCC(CO)CC2)c([N+](=O)[O-])c1. The third kappa shape index (κ3) is 2.80.